The van der Waals surface area contributed by atoms with Crippen LogP contribution in [0.5, 0.6) is 5.75 Å². The van der Waals surface area contributed by atoms with Gasteiger partial charge in [-0.15, -0.1) is 0 Å². The number of carbonyl (C=O) groups excluding carboxylic acids is 1. The Kier molecular flexibility index (Phi) is 4.64. The average Bonchev–Trinajstić information content (AvgIpc) is 2.43. The van der Waals surface area contributed by atoms with Gasteiger partial charge in [0.15, 0.2) is 0 Å². The normalized spacial score (nSPS) is 10.2. The predicted molar refractivity (Wildman–Crippen MR) is 81.5 cm³/mol. The highest BCUT2D eigenvalue weighted by atomic mass is 35.5. The highest BCUT2D eigenvalue weighted by Crippen LogP contribution is 2.20. The molecule has 0 saturated carbocycles. The molecule has 0 aliphatic rings. The summed E-state index contributed by atoms with van der Waals surface area (Å²) in [5.41, 5.74) is 2.63. The first-order valence-electron chi connectivity index (χ1n) is 6.27. The largest absolute Gasteiger partial charge is 0.497 e. The lowest BCUT2D eigenvalue weighted by molar-refractivity contribution is -0.115. The standard InChI is InChI=1S/C16H16ClNO2/c1-11-6-7-13(17)10-15(11)18-16(19)9-12-4-3-5-14(8-12)20-2/h3-8,10H,9H2,1-2H3,(H,18,19). The van der Waals surface area contributed by atoms with Crippen molar-refractivity contribution >= 4 is 23.2 Å². The number of rotatable bonds is 4. The average molecular weight is 290 g/mol. The van der Waals surface area contributed by atoms with Gasteiger partial charge in [-0.3, -0.25) is 4.79 Å². The number of nitrogens with one attached hydrogen (secondary N) is 1. The van der Waals surface area contributed by atoms with Crippen LogP contribution in [-0.2, 0) is 11.2 Å². The van der Waals surface area contributed by atoms with Gasteiger partial charge in [0.2, 0.25) is 5.91 Å². The molecule has 0 bridgehead atoms. The molecule has 3 nitrogen and oxygen atoms in total. The van der Waals surface area contributed by atoms with Crippen LogP contribution >= 0.6 is 11.6 Å². The summed E-state index contributed by atoms with van der Waals surface area (Å²) >= 11 is 5.93. The third-order valence-electron chi connectivity index (χ3n) is 2.97. The van der Waals surface area contributed by atoms with Gasteiger partial charge in [0, 0.05) is 10.7 Å². The van der Waals surface area contributed by atoms with Crippen molar-refractivity contribution in [2.45, 2.75) is 13.3 Å². The maximum atomic E-state index is 12.0. The van der Waals surface area contributed by atoms with Gasteiger partial charge in [-0.25, -0.2) is 0 Å². The number of amides is 1. The maximum Gasteiger partial charge on any atom is 0.228 e. The molecule has 2 aromatic rings. The quantitative estimate of drug-likeness (QED) is 0.929. The van der Waals surface area contributed by atoms with Gasteiger partial charge < -0.3 is 10.1 Å². The van der Waals surface area contributed by atoms with E-state index in [1.54, 1.807) is 19.2 Å². The number of methoxy groups -OCH3 is 1. The van der Waals surface area contributed by atoms with Gasteiger partial charge >= 0.3 is 0 Å². The SMILES string of the molecule is COc1cccc(CC(=O)Nc2cc(Cl)ccc2C)c1. The van der Waals surface area contributed by atoms with E-state index >= 15 is 0 Å². The first kappa shape index (κ1) is 14.4. The van der Waals surface area contributed by atoms with E-state index in [4.69, 9.17) is 16.3 Å². The molecule has 0 atom stereocenters. The number of anilines is 1. The van der Waals surface area contributed by atoms with Gasteiger partial charge in [0.1, 0.15) is 5.75 Å². The highest BCUT2D eigenvalue weighted by molar-refractivity contribution is 6.31. The first-order valence-corrected chi connectivity index (χ1v) is 6.65. The number of aryl methyl sites for hydroxylation is 1. The fourth-order valence-corrected chi connectivity index (χ4v) is 2.06. The molecule has 1 N–H and O–H groups in total. The van der Waals surface area contributed by atoms with E-state index in [-0.39, 0.29) is 5.91 Å². The number of benzene rings is 2. The number of carbonyl (C=O) groups is 1. The second kappa shape index (κ2) is 6.44. The van der Waals surface area contributed by atoms with Crippen molar-refractivity contribution in [3.63, 3.8) is 0 Å². The molecular weight excluding hydrogens is 274 g/mol. The zero-order valence-corrected chi connectivity index (χ0v) is 12.2. The molecule has 4 heteroatoms. The summed E-state index contributed by atoms with van der Waals surface area (Å²) in [6.07, 6.45) is 0.295. The van der Waals surface area contributed by atoms with Crippen molar-refractivity contribution in [3.05, 3.63) is 58.6 Å². The Bertz CT molecular complexity index is 626. The second-order valence-electron chi connectivity index (χ2n) is 4.54. The lowest BCUT2D eigenvalue weighted by Gasteiger charge is -2.09. The smallest absolute Gasteiger partial charge is 0.228 e. The molecule has 0 fully saturated rings. The molecule has 2 rings (SSSR count). The molecule has 0 radical (unpaired) electrons. The minimum Gasteiger partial charge on any atom is -0.497 e. The van der Waals surface area contributed by atoms with Crippen LogP contribution in [0, 0.1) is 6.92 Å². The number of ether oxygens (including phenoxy) is 1. The van der Waals surface area contributed by atoms with Gasteiger partial charge in [0.05, 0.1) is 13.5 Å². The minimum atomic E-state index is -0.0800. The van der Waals surface area contributed by atoms with Crippen molar-refractivity contribution < 1.29 is 9.53 Å². The van der Waals surface area contributed by atoms with Crippen molar-refractivity contribution in [1.82, 2.24) is 0 Å². The van der Waals surface area contributed by atoms with Crippen LogP contribution in [0.15, 0.2) is 42.5 Å². The number of halogens is 1. The van der Waals surface area contributed by atoms with E-state index in [2.05, 4.69) is 5.32 Å². The van der Waals surface area contributed by atoms with E-state index < -0.39 is 0 Å². The zero-order chi connectivity index (χ0) is 14.5. The summed E-state index contributed by atoms with van der Waals surface area (Å²) in [4.78, 5) is 12.0. The van der Waals surface area contributed by atoms with Crippen molar-refractivity contribution in [1.29, 1.82) is 0 Å². The second-order valence-corrected chi connectivity index (χ2v) is 4.97. The summed E-state index contributed by atoms with van der Waals surface area (Å²) in [5, 5.41) is 3.48. The van der Waals surface area contributed by atoms with Crippen LogP contribution in [0.2, 0.25) is 5.02 Å². The Morgan fingerprint density at radius 1 is 1.25 bits per heavy atom. The van der Waals surface area contributed by atoms with E-state index in [9.17, 15) is 4.79 Å². The van der Waals surface area contributed by atoms with Crippen LogP contribution in [0.25, 0.3) is 0 Å². The fourth-order valence-electron chi connectivity index (χ4n) is 1.89. The Morgan fingerprint density at radius 3 is 2.80 bits per heavy atom. The van der Waals surface area contributed by atoms with Crippen molar-refractivity contribution in [3.8, 4) is 5.75 Å². The third kappa shape index (κ3) is 3.75. The summed E-state index contributed by atoms with van der Waals surface area (Å²) in [6, 6.07) is 12.9. The van der Waals surface area contributed by atoms with E-state index in [1.165, 1.54) is 0 Å². The predicted octanol–water partition coefficient (Wildman–Crippen LogP) is 3.84. The van der Waals surface area contributed by atoms with Crippen LogP contribution in [0.3, 0.4) is 0 Å². The Hall–Kier alpha value is -2.00. The molecule has 104 valence electrons. The third-order valence-corrected chi connectivity index (χ3v) is 3.21. The Labute approximate surface area is 123 Å². The Balaban J connectivity index is 2.07. The number of hydrogen-bond acceptors (Lipinski definition) is 2. The molecular formula is C16H16ClNO2. The fraction of sp³-hybridized carbons (Fsp3) is 0.188. The summed E-state index contributed by atoms with van der Waals surface area (Å²) in [5.74, 6) is 0.665. The van der Waals surface area contributed by atoms with E-state index in [1.807, 2.05) is 37.3 Å². The molecule has 0 aliphatic carbocycles. The highest BCUT2D eigenvalue weighted by Gasteiger charge is 2.07. The lowest BCUT2D eigenvalue weighted by atomic mass is 10.1. The number of hydrogen-bond donors (Lipinski definition) is 1. The molecule has 0 aromatic heterocycles. The van der Waals surface area contributed by atoms with Crippen LogP contribution in [0.1, 0.15) is 11.1 Å². The van der Waals surface area contributed by atoms with Gasteiger partial charge in [-0.1, -0.05) is 29.8 Å². The zero-order valence-electron chi connectivity index (χ0n) is 11.4. The Morgan fingerprint density at radius 2 is 2.05 bits per heavy atom. The topological polar surface area (TPSA) is 38.3 Å². The van der Waals surface area contributed by atoms with Crippen LogP contribution in [0.4, 0.5) is 5.69 Å². The molecule has 0 heterocycles. The molecule has 0 spiro atoms. The van der Waals surface area contributed by atoms with Crippen LogP contribution < -0.4 is 10.1 Å². The molecule has 0 aliphatic heterocycles. The summed E-state index contributed by atoms with van der Waals surface area (Å²) < 4.78 is 5.14. The summed E-state index contributed by atoms with van der Waals surface area (Å²) in [6.45, 7) is 1.93. The van der Waals surface area contributed by atoms with E-state index in [0.717, 1.165) is 22.6 Å². The van der Waals surface area contributed by atoms with E-state index in [0.29, 0.717) is 11.4 Å². The van der Waals surface area contributed by atoms with Gasteiger partial charge in [-0.2, -0.15) is 0 Å². The molecule has 2 aromatic carbocycles. The lowest BCUT2D eigenvalue weighted by Crippen LogP contribution is -2.15. The monoisotopic (exact) mass is 289 g/mol. The summed E-state index contributed by atoms with van der Waals surface area (Å²) in [7, 11) is 1.61. The first-order chi connectivity index (χ1) is 9.58. The van der Waals surface area contributed by atoms with Crippen LogP contribution in [-0.4, -0.2) is 13.0 Å². The van der Waals surface area contributed by atoms with Crippen molar-refractivity contribution in [2.75, 3.05) is 12.4 Å². The molecule has 0 unspecified atom stereocenters. The van der Waals surface area contributed by atoms with Crippen molar-refractivity contribution in [2.24, 2.45) is 0 Å². The van der Waals surface area contributed by atoms with Gasteiger partial charge in [-0.05, 0) is 42.3 Å². The maximum absolute atomic E-state index is 12.0. The van der Waals surface area contributed by atoms with Gasteiger partial charge in [0.25, 0.3) is 0 Å². The molecule has 20 heavy (non-hydrogen) atoms. The molecule has 0 saturated heterocycles. The minimum absolute atomic E-state index is 0.0800. The molecule has 1 amide bonds.